The van der Waals surface area contributed by atoms with Crippen molar-refractivity contribution in [2.75, 3.05) is 0 Å². The number of nitrogens with zero attached hydrogens (tertiary/aromatic N) is 1. The molecule has 1 aromatic rings. The van der Waals surface area contributed by atoms with E-state index in [0.29, 0.717) is 0 Å². The van der Waals surface area contributed by atoms with Crippen molar-refractivity contribution >= 4 is 0 Å². The van der Waals surface area contributed by atoms with Gasteiger partial charge in [-0.05, 0) is 12.8 Å². The largest absolute Gasteiger partial charge is 1.00 e. The normalized spacial score (nSPS) is 10.0. The molecule has 0 aliphatic heterocycles. The van der Waals surface area contributed by atoms with Gasteiger partial charge >= 0.3 is 0 Å². The smallest absolute Gasteiger partial charge is 0.181 e. The zero-order valence-corrected chi connectivity index (χ0v) is 11.3. The van der Waals surface area contributed by atoms with Gasteiger partial charge in [0, 0.05) is 25.0 Å². The standard InChI is InChI=1S/C15H26N.FH/c1-3-5-6-7-9-13-16-14-10-8-12-15(16)11-4-2;/h8,10,12,14H,3-7,9,11,13H2,1-2H3;1H/q+1;/p-1. The summed E-state index contributed by atoms with van der Waals surface area (Å²) in [7, 11) is 0. The molecule has 17 heavy (non-hydrogen) atoms. The second kappa shape index (κ2) is 10.2. The van der Waals surface area contributed by atoms with Crippen molar-refractivity contribution in [1.82, 2.24) is 0 Å². The van der Waals surface area contributed by atoms with E-state index in [9.17, 15) is 0 Å². The summed E-state index contributed by atoms with van der Waals surface area (Å²) in [5, 5.41) is 0. The van der Waals surface area contributed by atoms with Crippen LogP contribution < -0.4 is 9.27 Å². The molecule has 0 N–H and O–H groups in total. The lowest BCUT2D eigenvalue weighted by molar-refractivity contribution is -0.704. The third-order valence-electron chi connectivity index (χ3n) is 3.04. The SMILES string of the molecule is CCCCCCC[n+]1ccccc1CCC.[F-]. The van der Waals surface area contributed by atoms with E-state index in [0.717, 1.165) is 0 Å². The Morgan fingerprint density at radius 2 is 1.71 bits per heavy atom. The van der Waals surface area contributed by atoms with Crippen molar-refractivity contribution in [2.45, 2.75) is 65.3 Å². The fraction of sp³-hybridized carbons (Fsp3) is 0.667. The highest BCUT2D eigenvalue weighted by atomic mass is 19.0. The van der Waals surface area contributed by atoms with E-state index in [4.69, 9.17) is 0 Å². The molecule has 1 heterocycles. The molecule has 2 heteroatoms. The molecular formula is C15H26FN. The van der Waals surface area contributed by atoms with E-state index in [1.165, 1.54) is 57.2 Å². The molecule has 0 fully saturated rings. The van der Waals surface area contributed by atoms with E-state index >= 15 is 0 Å². The lowest BCUT2D eigenvalue weighted by Crippen LogP contribution is -3.00. The van der Waals surface area contributed by atoms with Gasteiger partial charge in [-0.3, -0.25) is 0 Å². The first kappa shape index (κ1) is 16.1. The summed E-state index contributed by atoms with van der Waals surface area (Å²) in [5.74, 6) is 0. The van der Waals surface area contributed by atoms with Crippen LogP contribution in [-0.2, 0) is 13.0 Å². The van der Waals surface area contributed by atoms with E-state index in [-0.39, 0.29) is 4.70 Å². The van der Waals surface area contributed by atoms with Gasteiger partial charge in [-0.25, -0.2) is 4.57 Å². The van der Waals surface area contributed by atoms with Crippen LogP contribution in [0.25, 0.3) is 0 Å². The fourth-order valence-electron chi connectivity index (χ4n) is 2.10. The zero-order valence-electron chi connectivity index (χ0n) is 11.3. The Hall–Kier alpha value is -0.920. The third-order valence-corrected chi connectivity index (χ3v) is 3.04. The molecule has 0 aliphatic rings. The molecule has 1 rings (SSSR count). The first-order valence-corrected chi connectivity index (χ1v) is 6.85. The number of aromatic nitrogens is 1. The highest BCUT2D eigenvalue weighted by Gasteiger charge is 2.07. The Balaban J connectivity index is 0.00000256. The number of pyridine rings is 1. The lowest BCUT2D eigenvalue weighted by Gasteiger charge is -2.02. The first-order valence-electron chi connectivity index (χ1n) is 6.85. The van der Waals surface area contributed by atoms with Crippen LogP contribution in [0.15, 0.2) is 24.4 Å². The molecule has 1 nitrogen and oxygen atoms in total. The second-order valence-corrected chi connectivity index (χ2v) is 4.55. The van der Waals surface area contributed by atoms with E-state index < -0.39 is 0 Å². The molecule has 1 aromatic heterocycles. The second-order valence-electron chi connectivity index (χ2n) is 4.55. The highest BCUT2D eigenvalue weighted by molar-refractivity contribution is 4.97. The molecule has 0 bridgehead atoms. The van der Waals surface area contributed by atoms with Gasteiger partial charge in [0.05, 0.1) is 0 Å². The van der Waals surface area contributed by atoms with Crippen LogP contribution in [0.5, 0.6) is 0 Å². The predicted molar refractivity (Wildman–Crippen MR) is 69.4 cm³/mol. The quantitative estimate of drug-likeness (QED) is 0.469. The van der Waals surface area contributed by atoms with Crippen LogP contribution in [0.2, 0.25) is 0 Å². The maximum absolute atomic E-state index is 2.43. The molecular weight excluding hydrogens is 213 g/mol. The van der Waals surface area contributed by atoms with Crippen molar-refractivity contribution in [3.05, 3.63) is 30.1 Å². The Kier molecular flexibility index (Phi) is 9.69. The van der Waals surface area contributed by atoms with E-state index in [2.05, 4.69) is 42.8 Å². The number of halogens is 1. The lowest BCUT2D eigenvalue weighted by atomic mass is 10.1. The number of aryl methyl sites for hydroxylation is 2. The molecule has 0 amide bonds. The molecule has 0 atom stereocenters. The van der Waals surface area contributed by atoms with Gasteiger partial charge in [0.15, 0.2) is 11.9 Å². The average Bonchev–Trinajstić information content (AvgIpc) is 2.31. The minimum Gasteiger partial charge on any atom is -1.00 e. The fourth-order valence-corrected chi connectivity index (χ4v) is 2.10. The Morgan fingerprint density at radius 1 is 0.941 bits per heavy atom. The molecule has 0 radical (unpaired) electrons. The molecule has 98 valence electrons. The summed E-state index contributed by atoms with van der Waals surface area (Å²) in [5.41, 5.74) is 1.49. The van der Waals surface area contributed by atoms with Crippen molar-refractivity contribution in [1.29, 1.82) is 0 Å². The van der Waals surface area contributed by atoms with Crippen molar-refractivity contribution in [2.24, 2.45) is 0 Å². The third kappa shape index (κ3) is 6.40. The summed E-state index contributed by atoms with van der Waals surface area (Å²) >= 11 is 0. The molecule has 0 unspecified atom stereocenters. The molecule has 0 aliphatic carbocycles. The number of hydrogen-bond acceptors (Lipinski definition) is 0. The van der Waals surface area contributed by atoms with Gasteiger partial charge in [0.2, 0.25) is 0 Å². The van der Waals surface area contributed by atoms with Crippen LogP contribution in [-0.4, -0.2) is 0 Å². The summed E-state index contributed by atoms with van der Waals surface area (Å²) in [6.45, 7) is 5.71. The molecule has 0 saturated carbocycles. The van der Waals surface area contributed by atoms with Gasteiger partial charge in [0.1, 0.15) is 6.54 Å². The van der Waals surface area contributed by atoms with Gasteiger partial charge in [0.25, 0.3) is 0 Å². The predicted octanol–water partition coefficient (Wildman–Crippen LogP) is 0.901. The molecule has 0 spiro atoms. The number of rotatable bonds is 8. The maximum Gasteiger partial charge on any atom is 0.181 e. The van der Waals surface area contributed by atoms with Gasteiger partial charge in [-0.1, -0.05) is 39.2 Å². The van der Waals surface area contributed by atoms with Crippen LogP contribution in [0.3, 0.4) is 0 Å². The van der Waals surface area contributed by atoms with Gasteiger partial charge in [-0.15, -0.1) is 0 Å². The van der Waals surface area contributed by atoms with Crippen LogP contribution in [0.1, 0.15) is 58.1 Å². The van der Waals surface area contributed by atoms with Crippen molar-refractivity contribution < 1.29 is 9.27 Å². The van der Waals surface area contributed by atoms with Gasteiger partial charge < -0.3 is 4.70 Å². The molecule has 0 aromatic carbocycles. The molecule has 0 saturated heterocycles. The Labute approximate surface area is 105 Å². The van der Waals surface area contributed by atoms with E-state index in [1.54, 1.807) is 0 Å². The van der Waals surface area contributed by atoms with Crippen LogP contribution in [0, 0.1) is 0 Å². The summed E-state index contributed by atoms with van der Waals surface area (Å²) in [6.07, 6.45) is 11.5. The average molecular weight is 239 g/mol. The monoisotopic (exact) mass is 239 g/mol. The van der Waals surface area contributed by atoms with Crippen molar-refractivity contribution in [3.8, 4) is 0 Å². The minimum absolute atomic E-state index is 0. The number of hydrogen-bond donors (Lipinski definition) is 0. The van der Waals surface area contributed by atoms with Crippen LogP contribution >= 0.6 is 0 Å². The van der Waals surface area contributed by atoms with Crippen LogP contribution in [0.4, 0.5) is 0 Å². The topological polar surface area (TPSA) is 3.88 Å². The number of unbranched alkanes of at least 4 members (excludes halogenated alkanes) is 4. The van der Waals surface area contributed by atoms with Gasteiger partial charge in [-0.2, -0.15) is 0 Å². The Morgan fingerprint density at radius 3 is 2.41 bits per heavy atom. The summed E-state index contributed by atoms with van der Waals surface area (Å²) in [6, 6.07) is 6.55. The summed E-state index contributed by atoms with van der Waals surface area (Å²) < 4.78 is 2.43. The highest BCUT2D eigenvalue weighted by Crippen LogP contribution is 2.03. The maximum atomic E-state index is 2.43. The van der Waals surface area contributed by atoms with E-state index in [1.807, 2.05) is 0 Å². The van der Waals surface area contributed by atoms with Crippen molar-refractivity contribution in [3.63, 3.8) is 0 Å². The summed E-state index contributed by atoms with van der Waals surface area (Å²) in [4.78, 5) is 0. The minimum atomic E-state index is 0. The first-order chi connectivity index (χ1) is 7.88. The zero-order chi connectivity index (χ0) is 11.6. The Bertz CT molecular complexity index is 286.